The van der Waals surface area contributed by atoms with Crippen molar-refractivity contribution in [1.29, 1.82) is 0 Å². The highest BCUT2D eigenvalue weighted by molar-refractivity contribution is 6.41. The minimum Gasteiger partial charge on any atom is -0.493 e. The fourth-order valence-corrected chi connectivity index (χ4v) is 3.69. The minimum absolute atomic E-state index is 0.185. The standard InChI is InChI=1S/C19H23Cl2N3O3/c1-23-15(10-14(20)18(23)21)19(25)22-5-7-24-6-4-12-8-16(26-2)17(27-3)9-13(12)11-24/h8-10H,4-7,11H2,1-3H3,(H,22,25). The van der Waals surface area contributed by atoms with Gasteiger partial charge in [0.05, 0.1) is 19.2 Å². The van der Waals surface area contributed by atoms with Gasteiger partial charge in [-0.05, 0) is 35.7 Å². The summed E-state index contributed by atoms with van der Waals surface area (Å²) in [6.07, 6.45) is 0.937. The van der Waals surface area contributed by atoms with E-state index in [0.29, 0.717) is 22.4 Å². The highest BCUT2D eigenvalue weighted by atomic mass is 35.5. The SMILES string of the molecule is COc1cc2c(cc1OC)CN(CCNC(=O)c1cc(Cl)c(Cl)n1C)CC2. The zero-order chi connectivity index (χ0) is 19.6. The summed E-state index contributed by atoms with van der Waals surface area (Å²) in [5, 5.41) is 3.67. The molecule has 1 aromatic carbocycles. The van der Waals surface area contributed by atoms with Crippen molar-refractivity contribution in [2.75, 3.05) is 33.9 Å². The largest absolute Gasteiger partial charge is 0.493 e. The molecule has 1 aliphatic rings. The van der Waals surface area contributed by atoms with E-state index < -0.39 is 0 Å². The molecule has 146 valence electrons. The van der Waals surface area contributed by atoms with Crippen LogP contribution < -0.4 is 14.8 Å². The van der Waals surface area contributed by atoms with Crippen LogP contribution in [0.1, 0.15) is 21.6 Å². The molecular weight excluding hydrogens is 389 g/mol. The molecule has 0 fully saturated rings. The van der Waals surface area contributed by atoms with Crippen LogP contribution in [0.4, 0.5) is 0 Å². The molecule has 1 amide bonds. The Morgan fingerprint density at radius 2 is 1.81 bits per heavy atom. The van der Waals surface area contributed by atoms with E-state index in [1.165, 1.54) is 11.1 Å². The highest BCUT2D eigenvalue weighted by Gasteiger charge is 2.20. The first-order chi connectivity index (χ1) is 12.9. The van der Waals surface area contributed by atoms with Gasteiger partial charge in [-0.2, -0.15) is 0 Å². The Hall–Kier alpha value is -1.89. The van der Waals surface area contributed by atoms with E-state index in [-0.39, 0.29) is 5.91 Å². The molecule has 0 aliphatic carbocycles. The van der Waals surface area contributed by atoms with Gasteiger partial charge in [0.2, 0.25) is 0 Å². The van der Waals surface area contributed by atoms with Crippen molar-refractivity contribution >= 4 is 29.1 Å². The summed E-state index contributed by atoms with van der Waals surface area (Å²) in [6, 6.07) is 5.67. The number of carbonyl (C=O) groups excluding carboxylic acids is 1. The fraction of sp³-hybridized carbons (Fsp3) is 0.421. The first kappa shape index (κ1) is 19.9. The van der Waals surface area contributed by atoms with Crippen LogP contribution in [0.25, 0.3) is 0 Å². The first-order valence-corrected chi connectivity index (χ1v) is 9.45. The molecule has 0 unspecified atom stereocenters. The van der Waals surface area contributed by atoms with Crippen molar-refractivity contribution < 1.29 is 14.3 Å². The summed E-state index contributed by atoms with van der Waals surface area (Å²) in [6.45, 7) is 3.04. The van der Waals surface area contributed by atoms with E-state index in [9.17, 15) is 4.79 Å². The van der Waals surface area contributed by atoms with Gasteiger partial charge >= 0.3 is 0 Å². The molecule has 0 radical (unpaired) electrons. The molecule has 0 saturated carbocycles. The van der Waals surface area contributed by atoms with Gasteiger partial charge in [-0.1, -0.05) is 23.2 Å². The number of nitrogens with zero attached hydrogens (tertiary/aromatic N) is 2. The lowest BCUT2D eigenvalue weighted by molar-refractivity contribution is 0.0939. The van der Waals surface area contributed by atoms with E-state index >= 15 is 0 Å². The molecule has 0 atom stereocenters. The first-order valence-electron chi connectivity index (χ1n) is 8.69. The topological polar surface area (TPSA) is 55.7 Å². The quantitative estimate of drug-likeness (QED) is 0.792. The highest BCUT2D eigenvalue weighted by Crippen LogP contribution is 2.33. The van der Waals surface area contributed by atoms with Crippen molar-refractivity contribution in [1.82, 2.24) is 14.8 Å². The number of halogens is 2. The normalized spacial score (nSPS) is 14.0. The lowest BCUT2D eigenvalue weighted by Gasteiger charge is -2.29. The Morgan fingerprint density at radius 3 is 2.41 bits per heavy atom. The molecule has 27 heavy (non-hydrogen) atoms. The van der Waals surface area contributed by atoms with Gasteiger partial charge in [0.15, 0.2) is 11.5 Å². The number of fused-ring (bicyclic) bond motifs is 1. The van der Waals surface area contributed by atoms with Crippen LogP contribution in [-0.2, 0) is 20.0 Å². The zero-order valence-electron chi connectivity index (χ0n) is 15.6. The number of methoxy groups -OCH3 is 2. The van der Waals surface area contributed by atoms with Crippen molar-refractivity contribution in [2.24, 2.45) is 7.05 Å². The average Bonchev–Trinajstić information content (AvgIpc) is 2.94. The number of hydrogen-bond donors (Lipinski definition) is 1. The summed E-state index contributed by atoms with van der Waals surface area (Å²) < 4.78 is 12.4. The number of amides is 1. The van der Waals surface area contributed by atoms with E-state index in [0.717, 1.165) is 37.6 Å². The second kappa shape index (κ2) is 8.42. The zero-order valence-corrected chi connectivity index (χ0v) is 17.2. The monoisotopic (exact) mass is 411 g/mol. The number of benzene rings is 1. The number of ether oxygens (including phenoxy) is 2. The van der Waals surface area contributed by atoms with Gasteiger partial charge in [-0.3, -0.25) is 9.69 Å². The summed E-state index contributed by atoms with van der Waals surface area (Å²) in [7, 11) is 5.00. The second-order valence-electron chi connectivity index (χ2n) is 6.49. The fourth-order valence-electron chi connectivity index (χ4n) is 3.31. The van der Waals surface area contributed by atoms with E-state index in [1.54, 1.807) is 31.9 Å². The molecule has 0 spiro atoms. The van der Waals surface area contributed by atoms with Crippen molar-refractivity contribution in [3.8, 4) is 11.5 Å². The van der Waals surface area contributed by atoms with Gasteiger partial charge in [-0.25, -0.2) is 0 Å². The van der Waals surface area contributed by atoms with Crippen LogP contribution in [0.15, 0.2) is 18.2 Å². The summed E-state index contributed by atoms with van der Waals surface area (Å²) >= 11 is 12.0. The van der Waals surface area contributed by atoms with Gasteiger partial charge < -0.3 is 19.4 Å². The number of hydrogen-bond acceptors (Lipinski definition) is 4. The third-order valence-corrected chi connectivity index (χ3v) is 5.70. The molecule has 1 N–H and O–H groups in total. The number of nitrogens with one attached hydrogen (secondary N) is 1. The van der Waals surface area contributed by atoms with Crippen molar-refractivity contribution in [2.45, 2.75) is 13.0 Å². The Kier molecular flexibility index (Phi) is 6.19. The van der Waals surface area contributed by atoms with Crippen LogP contribution in [0.3, 0.4) is 0 Å². The molecule has 8 heteroatoms. The molecule has 0 saturated heterocycles. The van der Waals surface area contributed by atoms with E-state index in [1.807, 2.05) is 6.07 Å². The Bertz CT molecular complexity index is 851. The molecular formula is C19H23Cl2N3O3. The maximum atomic E-state index is 12.3. The van der Waals surface area contributed by atoms with Gasteiger partial charge in [0, 0.05) is 33.2 Å². The summed E-state index contributed by atoms with van der Waals surface area (Å²) in [4.78, 5) is 14.6. The third-order valence-electron chi connectivity index (χ3n) is 4.86. The Balaban J connectivity index is 1.57. The molecule has 2 heterocycles. The number of aromatic nitrogens is 1. The Morgan fingerprint density at radius 1 is 1.15 bits per heavy atom. The summed E-state index contributed by atoms with van der Waals surface area (Å²) in [5.41, 5.74) is 2.96. The minimum atomic E-state index is -0.185. The summed E-state index contributed by atoms with van der Waals surface area (Å²) in [5.74, 6) is 1.32. The predicted octanol–water partition coefficient (Wildman–Crippen LogP) is 3.14. The number of carbonyl (C=O) groups is 1. The Labute approximate surface area is 168 Å². The van der Waals surface area contributed by atoms with E-state index in [4.69, 9.17) is 32.7 Å². The molecule has 6 nitrogen and oxygen atoms in total. The van der Waals surface area contributed by atoms with Gasteiger partial charge in [0.25, 0.3) is 5.91 Å². The molecule has 1 aromatic heterocycles. The molecule has 2 aromatic rings. The molecule has 0 bridgehead atoms. The van der Waals surface area contributed by atoms with Crippen molar-refractivity contribution in [3.63, 3.8) is 0 Å². The molecule has 1 aliphatic heterocycles. The smallest absolute Gasteiger partial charge is 0.268 e. The van der Waals surface area contributed by atoms with Crippen LogP contribution in [0.5, 0.6) is 11.5 Å². The van der Waals surface area contributed by atoms with Crippen LogP contribution in [0.2, 0.25) is 10.2 Å². The molecule has 3 rings (SSSR count). The predicted molar refractivity (Wildman–Crippen MR) is 106 cm³/mol. The lowest BCUT2D eigenvalue weighted by Crippen LogP contribution is -2.38. The van der Waals surface area contributed by atoms with Gasteiger partial charge in [-0.15, -0.1) is 0 Å². The van der Waals surface area contributed by atoms with Crippen molar-refractivity contribution in [3.05, 3.63) is 45.2 Å². The van der Waals surface area contributed by atoms with Gasteiger partial charge in [0.1, 0.15) is 10.8 Å². The maximum absolute atomic E-state index is 12.3. The van der Waals surface area contributed by atoms with Crippen LogP contribution in [-0.4, -0.2) is 49.2 Å². The maximum Gasteiger partial charge on any atom is 0.268 e. The van der Waals surface area contributed by atoms with Crippen LogP contribution >= 0.6 is 23.2 Å². The lowest BCUT2D eigenvalue weighted by atomic mass is 9.99. The number of rotatable bonds is 6. The third kappa shape index (κ3) is 4.18. The van der Waals surface area contributed by atoms with Crippen LogP contribution in [0, 0.1) is 0 Å². The second-order valence-corrected chi connectivity index (χ2v) is 7.25. The average molecular weight is 412 g/mol. The van der Waals surface area contributed by atoms with E-state index in [2.05, 4.69) is 16.3 Å².